The summed E-state index contributed by atoms with van der Waals surface area (Å²) in [7, 11) is 0. The number of rotatable bonds is 4. The number of carbonyl (C=O) groups is 3. The van der Waals surface area contributed by atoms with Gasteiger partial charge in [0.2, 0.25) is 11.8 Å². The van der Waals surface area contributed by atoms with Crippen molar-refractivity contribution in [2.45, 2.75) is 18.9 Å². The molecule has 2 atom stereocenters. The third-order valence-electron chi connectivity index (χ3n) is 4.34. The Bertz CT molecular complexity index is 943. The minimum absolute atomic E-state index is 0.0629. The molecule has 0 bridgehead atoms. The minimum Gasteiger partial charge on any atom is -0.354 e. The highest BCUT2D eigenvalue weighted by Crippen LogP contribution is 2.30. The molecule has 3 rings (SSSR count). The molecule has 1 aliphatic heterocycles. The molecular weight excluding hydrogens is 389 g/mol. The van der Waals surface area contributed by atoms with E-state index in [-0.39, 0.29) is 23.5 Å². The summed E-state index contributed by atoms with van der Waals surface area (Å²) in [6.45, 7) is 1.11. The molecule has 4 N–H and O–H groups in total. The summed E-state index contributed by atoms with van der Waals surface area (Å²) in [5.74, 6) is -4.50. The molecule has 29 heavy (non-hydrogen) atoms. The summed E-state index contributed by atoms with van der Waals surface area (Å²) < 4.78 is 42.0. The lowest BCUT2D eigenvalue weighted by molar-refractivity contribution is -0.120. The van der Waals surface area contributed by atoms with Crippen molar-refractivity contribution in [3.63, 3.8) is 0 Å². The maximum atomic E-state index is 14.5. The van der Waals surface area contributed by atoms with Gasteiger partial charge in [0.1, 0.15) is 23.5 Å². The van der Waals surface area contributed by atoms with Crippen LogP contribution in [0.1, 0.15) is 18.4 Å². The maximum absolute atomic E-state index is 14.5. The van der Waals surface area contributed by atoms with Crippen LogP contribution in [0.5, 0.6) is 0 Å². The van der Waals surface area contributed by atoms with Crippen LogP contribution in [0.2, 0.25) is 0 Å². The highest BCUT2D eigenvalue weighted by Gasteiger charge is 2.40. The number of benzene rings is 2. The molecule has 1 unspecified atom stereocenters. The predicted octanol–water partition coefficient (Wildman–Crippen LogP) is 2.47. The molecule has 0 radical (unpaired) electrons. The van der Waals surface area contributed by atoms with Gasteiger partial charge in [0.15, 0.2) is 0 Å². The van der Waals surface area contributed by atoms with Crippen LogP contribution in [0.4, 0.5) is 29.3 Å². The van der Waals surface area contributed by atoms with Gasteiger partial charge >= 0.3 is 6.03 Å². The molecule has 7 nitrogen and oxygen atoms in total. The number of amides is 4. The Balaban J connectivity index is 1.79. The molecule has 10 heteroatoms. The number of hydrogen-bond donors (Lipinski definition) is 4. The molecule has 1 heterocycles. The average Bonchev–Trinajstić information content (AvgIpc) is 2.96. The van der Waals surface area contributed by atoms with Gasteiger partial charge in [-0.3, -0.25) is 9.59 Å². The number of anilines is 2. The van der Waals surface area contributed by atoms with Crippen LogP contribution in [-0.4, -0.2) is 30.4 Å². The highest BCUT2D eigenvalue weighted by atomic mass is 19.1. The lowest BCUT2D eigenvalue weighted by Crippen LogP contribution is -2.45. The monoisotopic (exact) mass is 406 g/mol. The number of urea groups is 1. The van der Waals surface area contributed by atoms with Crippen LogP contribution in [0.3, 0.4) is 0 Å². The minimum atomic E-state index is -1.23. The van der Waals surface area contributed by atoms with Crippen molar-refractivity contribution in [2.75, 3.05) is 17.2 Å². The quantitative estimate of drug-likeness (QED) is 0.628. The number of carbonyl (C=O) groups excluding carboxylic acids is 3. The molecule has 4 amide bonds. The fraction of sp³-hybridized carbons (Fsp3) is 0.211. The van der Waals surface area contributed by atoms with Gasteiger partial charge in [-0.25, -0.2) is 18.0 Å². The first-order chi connectivity index (χ1) is 13.7. The molecule has 0 spiro atoms. The molecule has 1 aliphatic rings. The Morgan fingerprint density at radius 1 is 1.00 bits per heavy atom. The van der Waals surface area contributed by atoms with E-state index < -0.39 is 47.3 Å². The predicted molar refractivity (Wildman–Crippen MR) is 98.8 cm³/mol. The van der Waals surface area contributed by atoms with E-state index in [9.17, 15) is 27.6 Å². The number of halogens is 3. The summed E-state index contributed by atoms with van der Waals surface area (Å²) in [5.41, 5.74) is -0.174. The molecule has 1 saturated heterocycles. The van der Waals surface area contributed by atoms with Crippen molar-refractivity contribution >= 4 is 29.2 Å². The Labute approximate surface area is 163 Å². The summed E-state index contributed by atoms with van der Waals surface area (Å²) in [6.07, 6.45) is 0. The van der Waals surface area contributed by atoms with Crippen LogP contribution >= 0.6 is 0 Å². The smallest absolute Gasteiger partial charge is 0.319 e. The Morgan fingerprint density at radius 2 is 1.62 bits per heavy atom. The first kappa shape index (κ1) is 20.2. The maximum Gasteiger partial charge on any atom is 0.319 e. The SMILES string of the molecule is CC(=O)Nc1cc(F)c([C@@H]2CNC(=O)C2NC(=O)Nc2ccc(F)cc2)c(F)c1. The van der Waals surface area contributed by atoms with Gasteiger partial charge in [-0.15, -0.1) is 0 Å². The fourth-order valence-corrected chi connectivity index (χ4v) is 3.11. The van der Waals surface area contributed by atoms with Gasteiger partial charge in [-0.1, -0.05) is 0 Å². The summed E-state index contributed by atoms with van der Waals surface area (Å²) in [6, 6.07) is 4.79. The van der Waals surface area contributed by atoms with Gasteiger partial charge in [-0.05, 0) is 36.4 Å². The van der Waals surface area contributed by atoms with Crippen LogP contribution in [0.25, 0.3) is 0 Å². The van der Waals surface area contributed by atoms with E-state index in [1.807, 2.05) is 0 Å². The van der Waals surface area contributed by atoms with E-state index in [2.05, 4.69) is 21.3 Å². The first-order valence-corrected chi connectivity index (χ1v) is 8.62. The second-order valence-corrected chi connectivity index (χ2v) is 6.47. The average molecular weight is 406 g/mol. The molecule has 0 aliphatic carbocycles. The van der Waals surface area contributed by atoms with Crippen LogP contribution in [0, 0.1) is 17.5 Å². The lowest BCUT2D eigenvalue weighted by atomic mass is 9.92. The van der Waals surface area contributed by atoms with E-state index in [0.717, 1.165) is 24.3 Å². The van der Waals surface area contributed by atoms with Crippen molar-refractivity contribution in [3.05, 3.63) is 59.4 Å². The van der Waals surface area contributed by atoms with Crippen molar-refractivity contribution in [3.8, 4) is 0 Å². The van der Waals surface area contributed by atoms with Gasteiger partial charge in [0.05, 0.1) is 0 Å². The third kappa shape index (κ3) is 4.65. The molecular formula is C19H17F3N4O3. The standard InChI is InChI=1S/C19H17F3N4O3/c1-9(27)24-12-6-14(21)16(15(22)7-12)13-8-23-18(28)17(13)26-19(29)25-11-4-2-10(20)3-5-11/h2-7,13,17H,8H2,1H3,(H,23,28)(H,24,27)(H2,25,26,29)/t13-,17?/m0/s1. The first-order valence-electron chi connectivity index (χ1n) is 8.62. The third-order valence-corrected chi connectivity index (χ3v) is 4.34. The van der Waals surface area contributed by atoms with Crippen LogP contribution in [-0.2, 0) is 9.59 Å². The summed E-state index contributed by atoms with van der Waals surface area (Å²) >= 11 is 0. The second-order valence-electron chi connectivity index (χ2n) is 6.47. The van der Waals surface area contributed by atoms with Gasteiger partial charge < -0.3 is 21.3 Å². The van der Waals surface area contributed by atoms with Crippen molar-refractivity contribution in [1.82, 2.24) is 10.6 Å². The molecule has 0 saturated carbocycles. The zero-order valence-corrected chi connectivity index (χ0v) is 15.2. The van der Waals surface area contributed by atoms with E-state index in [4.69, 9.17) is 0 Å². The molecule has 1 fully saturated rings. The zero-order chi connectivity index (χ0) is 21.1. The second kappa shape index (κ2) is 8.21. The molecule has 152 valence electrons. The Kier molecular flexibility index (Phi) is 5.71. The van der Waals surface area contributed by atoms with E-state index >= 15 is 0 Å². The molecule has 2 aromatic carbocycles. The Morgan fingerprint density at radius 3 is 2.21 bits per heavy atom. The van der Waals surface area contributed by atoms with Crippen LogP contribution in [0.15, 0.2) is 36.4 Å². The number of hydrogen-bond acceptors (Lipinski definition) is 3. The van der Waals surface area contributed by atoms with E-state index in [1.165, 1.54) is 19.1 Å². The summed E-state index contributed by atoms with van der Waals surface area (Å²) in [5, 5.41) is 9.54. The van der Waals surface area contributed by atoms with Gasteiger partial charge in [0, 0.05) is 36.3 Å². The zero-order valence-electron chi connectivity index (χ0n) is 15.2. The van der Waals surface area contributed by atoms with E-state index in [0.29, 0.717) is 0 Å². The molecule has 0 aromatic heterocycles. The topological polar surface area (TPSA) is 99.3 Å². The normalized spacial score (nSPS) is 18.1. The molecule has 2 aromatic rings. The lowest BCUT2D eigenvalue weighted by Gasteiger charge is -2.20. The van der Waals surface area contributed by atoms with Crippen molar-refractivity contribution in [1.29, 1.82) is 0 Å². The fourth-order valence-electron chi connectivity index (χ4n) is 3.11. The van der Waals surface area contributed by atoms with Crippen molar-refractivity contribution < 1.29 is 27.6 Å². The largest absolute Gasteiger partial charge is 0.354 e. The van der Waals surface area contributed by atoms with Gasteiger partial charge in [0.25, 0.3) is 0 Å². The Hall–Kier alpha value is -3.56. The van der Waals surface area contributed by atoms with E-state index in [1.54, 1.807) is 0 Å². The van der Waals surface area contributed by atoms with Crippen LogP contribution < -0.4 is 21.3 Å². The summed E-state index contributed by atoms with van der Waals surface area (Å²) in [4.78, 5) is 35.4. The highest BCUT2D eigenvalue weighted by molar-refractivity contribution is 5.95. The van der Waals surface area contributed by atoms with Crippen molar-refractivity contribution in [2.24, 2.45) is 0 Å². The number of nitrogens with one attached hydrogen (secondary N) is 4. The van der Waals surface area contributed by atoms with Gasteiger partial charge in [-0.2, -0.15) is 0 Å².